The van der Waals surface area contributed by atoms with Crippen molar-refractivity contribution in [3.63, 3.8) is 0 Å². The van der Waals surface area contributed by atoms with E-state index in [1.807, 2.05) is 20.8 Å². The van der Waals surface area contributed by atoms with Gasteiger partial charge >= 0.3 is 0 Å². The first-order valence-electron chi connectivity index (χ1n) is 4.40. The van der Waals surface area contributed by atoms with Crippen LogP contribution >= 0.6 is 22.6 Å². The van der Waals surface area contributed by atoms with E-state index in [4.69, 9.17) is 10.5 Å². The predicted molar refractivity (Wildman–Crippen MR) is 63.8 cm³/mol. The van der Waals surface area contributed by atoms with Gasteiger partial charge in [-0.05, 0) is 43.4 Å². The first kappa shape index (κ1) is 11.6. The molecule has 0 radical (unpaired) electrons. The summed E-state index contributed by atoms with van der Waals surface area (Å²) in [6, 6.07) is 0. The van der Waals surface area contributed by atoms with Crippen molar-refractivity contribution in [3.8, 4) is 0 Å². The van der Waals surface area contributed by atoms with Crippen molar-refractivity contribution in [2.45, 2.75) is 26.4 Å². The summed E-state index contributed by atoms with van der Waals surface area (Å²) in [4.78, 5) is 8.40. The molecule has 0 bridgehead atoms. The smallest absolute Gasteiger partial charge is 0.162 e. The van der Waals surface area contributed by atoms with Crippen LogP contribution in [0.2, 0.25) is 0 Å². The molecule has 1 rings (SSSR count). The number of halogens is 1. The third kappa shape index (κ3) is 2.54. The van der Waals surface area contributed by atoms with Crippen LogP contribution < -0.4 is 5.73 Å². The summed E-state index contributed by atoms with van der Waals surface area (Å²) in [5.41, 5.74) is 5.22. The Balaban J connectivity index is 3.01. The molecule has 0 unspecified atom stereocenters. The molecule has 14 heavy (non-hydrogen) atoms. The van der Waals surface area contributed by atoms with E-state index in [0.717, 1.165) is 3.57 Å². The molecule has 0 saturated heterocycles. The fourth-order valence-corrected chi connectivity index (χ4v) is 1.36. The zero-order chi connectivity index (χ0) is 10.8. The molecule has 5 heteroatoms. The van der Waals surface area contributed by atoms with Crippen LogP contribution in [0.15, 0.2) is 6.20 Å². The average Bonchev–Trinajstić information content (AvgIpc) is 2.09. The minimum atomic E-state index is -0.479. The lowest BCUT2D eigenvalue weighted by atomic mass is 10.1. The van der Waals surface area contributed by atoms with Crippen molar-refractivity contribution in [3.05, 3.63) is 15.6 Å². The molecule has 2 N–H and O–H groups in total. The molecule has 0 amide bonds. The van der Waals surface area contributed by atoms with Gasteiger partial charge in [0.05, 0.1) is 3.57 Å². The van der Waals surface area contributed by atoms with Gasteiger partial charge in [0.1, 0.15) is 11.4 Å². The first-order chi connectivity index (χ1) is 6.47. The third-order valence-corrected chi connectivity index (χ3v) is 2.65. The minimum Gasteiger partial charge on any atom is -0.383 e. The van der Waals surface area contributed by atoms with E-state index >= 15 is 0 Å². The normalized spacial score (nSPS) is 11.7. The lowest BCUT2D eigenvalue weighted by Crippen LogP contribution is -2.25. The standard InChI is InChI=1S/C9H14IN3O/c1-4-14-9(2,3)8-12-5-6(10)7(11)13-8/h5H,4H2,1-3H3,(H2,11,12,13). The Morgan fingerprint density at radius 1 is 1.57 bits per heavy atom. The zero-order valence-electron chi connectivity index (χ0n) is 8.54. The summed E-state index contributed by atoms with van der Waals surface area (Å²) < 4.78 is 6.39. The van der Waals surface area contributed by atoms with E-state index in [0.29, 0.717) is 18.2 Å². The average molecular weight is 307 g/mol. The maximum atomic E-state index is 5.70. The Morgan fingerprint density at radius 3 is 2.71 bits per heavy atom. The van der Waals surface area contributed by atoms with Crippen LogP contribution in [0.25, 0.3) is 0 Å². The predicted octanol–water partition coefficient (Wildman–Crippen LogP) is 1.93. The van der Waals surface area contributed by atoms with Crippen molar-refractivity contribution >= 4 is 28.4 Å². The number of nitrogens with zero attached hydrogens (tertiary/aromatic N) is 2. The number of hydrogen-bond acceptors (Lipinski definition) is 4. The second kappa shape index (κ2) is 4.39. The molecule has 0 atom stereocenters. The second-order valence-corrected chi connectivity index (χ2v) is 4.53. The van der Waals surface area contributed by atoms with Gasteiger partial charge in [-0.3, -0.25) is 0 Å². The Hall–Kier alpha value is -0.430. The molecule has 4 nitrogen and oxygen atoms in total. The highest BCUT2D eigenvalue weighted by Crippen LogP contribution is 2.22. The topological polar surface area (TPSA) is 61.0 Å². The number of rotatable bonds is 3. The quantitative estimate of drug-likeness (QED) is 0.867. The molecule has 0 aromatic carbocycles. The number of nitrogen functional groups attached to an aromatic ring is 1. The summed E-state index contributed by atoms with van der Waals surface area (Å²) in [7, 11) is 0. The molecule has 0 aliphatic heterocycles. The molecular weight excluding hydrogens is 293 g/mol. The van der Waals surface area contributed by atoms with Crippen LogP contribution in [-0.4, -0.2) is 16.6 Å². The highest BCUT2D eigenvalue weighted by molar-refractivity contribution is 14.1. The maximum absolute atomic E-state index is 5.70. The highest BCUT2D eigenvalue weighted by Gasteiger charge is 2.24. The SMILES string of the molecule is CCOC(C)(C)c1ncc(I)c(N)n1. The third-order valence-electron chi connectivity index (χ3n) is 1.81. The van der Waals surface area contributed by atoms with E-state index in [9.17, 15) is 0 Å². The highest BCUT2D eigenvalue weighted by atomic mass is 127. The minimum absolute atomic E-state index is 0.479. The van der Waals surface area contributed by atoms with Gasteiger partial charge in [-0.15, -0.1) is 0 Å². The van der Waals surface area contributed by atoms with Crippen molar-refractivity contribution < 1.29 is 4.74 Å². The fraction of sp³-hybridized carbons (Fsp3) is 0.556. The maximum Gasteiger partial charge on any atom is 0.162 e. The van der Waals surface area contributed by atoms with Crippen molar-refractivity contribution in [1.82, 2.24) is 9.97 Å². The molecule has 78 valence electrons. The summed E-state index contributed by atoms with van der Waals surface area (Å²) in [5.74, 6) is 1.13. The fourth-order valence-electron chi connectivity index (χ4n) is 1.10. The summed E-state index contributed by atoms with van der Waals surface area (Å²) >= 11 is 2.10. The van der Waals surface area contributed by atoms with E-state index in [-0.39, 0.29) is 0 Å². The monoisotopic (exact) mass is 307 g/mol. The van der Waals surface area contributed by atoms with E-state index in [2.05, 4.69) is 32.6 Å². The van der Waals surface area contributed by atoms with Gasteiger partial charge in [0.15, 0.2) is 5.82 Å². The van der Waals surface area contributed by atoms with Gasteiger partial charge in [0.25, 0.3) is 0 Å². The van der Waals surface area contributed by atoms with Crippen LogP contribution in [-0.2, 0) is 10.3 Å². The van der Waals surface area contributed by atoms with Gasteiger partial charge in [0, 0.05) is 12.8 Å². The van der Waals surface area contributed by atoms with Crippen LogP contribution in [0.4, 0.5) is 5.82 Å². The van der Waals surface area contributed by atoms with Crippen LogP contribution in [0, 0.1) is 3.57 Å². The van der Waals surface area contributed by atoms with Gasteiger partial charge in [-0.1, -0.05) is 0 Å². The largest absolute Gasteiger partial charge is 0.383 e. The molecule has 0 spiro atoms. The lowest BCUT2D eigenvalue weighted by Gasteiger charge is -2.22. The Kier molecular flexibility index (Phi) is 3.65. The summed E-state index contributed by atoms with van der Waals surface area (Å²) in [5, 5.41) is 0. The Bertz CT molecular complexity index is 328. The van der Waals surface area contributed by atoms with Crippen molar-refractivity contribution in [2.75, 3.05) is 12.3 Å². The number of anilines is 1. The Labute approximate surface area is 97.4 Å². The summed E-state index contributed by atoms with van der Waals surface area (Å²) in [6.45, 7) is 6.43. The first-order valence-corrected chi connectivity index (χ1v) is 5.47. The van der Waals surface area contributed by atoms with Gasteiger partial charge in [-0.25, -0.2) is 9.97 Å². The molecule has 0 fully saturated rings. The van der Waals surface area contributed by atoms with E-state index < -0.39 is 5.60 Å². The molecule has 1 heterocycles. The van der Waals surface area contributed by atoms with Gasteiger partial charge in [-0.2, -0.15) is 0 Å². The van der Waals surface area contributed by atoms with Crippen LogP contribution in [0.5, 0.6) is 0 Å². The number of nitrogens with two attached hydrogens (primary N) is 1. The van der Waals surface area contributed by atoms with Crippen molar-refractivity contribution in [2.24, 2.45) is 0 Å². The van der Waals surface area contributed by atoms with E-state index in [1.165, 1.54) is 0 Å². The zero-order valence-corrected chi connectivity index (χ0v) is 10.7. The summed E-state index contributed by atoms with van der Waals surface area (Å²) in [6.07, 6.45) is 1.71. The molecule has 1 aromatic heterocycles. The molecule has 0 saturated carbocycles. The molecule has 0 aliphatic rings. The number of aromatic nitrogens is 2. The van der Waals surface area contributed by atoms with Gasteiger partial charge in [0.2, 0.25) is 0 Å². The molecular formula is C9H14IN3O. The number of hydrogen-bond donors (Lipinski definition) is 1. The van der Waals surface area contributed by atoms with Crippen LogP contribution in [0.3, 0.4) is 0 Å². The van der Waals surface area contributed by atoms with Crippen LogP contribution in [0.1, 0.15) is 26.6 Å². The second-order valence-electron chi connectivity index (χ2n) is 3.37. The lowest BCUT2D eigenvalue weighted by molar-refractivity contribution is -0.0207. The van der Waals surface area contributed by atoms with E-state index in [1.54, 1.807) is 6.20 Å². The van der Waals surface area contributed by atoms with Gasteiger partial charge < -0.3 is 10.5 Å². The van der Waals surface area contributed by atoms with Crippen molar-refractivity contribution in [1.29, 1.82) is 0 Å². The molecule has 0 aliphatic carbocycles. The Morgan fingerprint density at radius 2 is 2.21 bits per heavy atom. The molecule has 1 aromatic rings. The number of ether oxygens (including phenoxy) is 1.